The molecular formula is C5H13OSiSn. The van der Waals surface area contributed by atoms with Gasteiger partial charge >= 0.3 is 66.5 Å². The maximum absolute atomic E-state index is 5.41. The van der Waals surface area contributed by atoms with Crippen LogP contribution in [0.2, 0.25) is 19.1 Å². The molecule has 3 heteroatoms. The summed E-state index contributed by atoms with van der Waals surface area (Å²) < 4.78 is 5.41. The molecule has 0 heterocycles. The first-order valence-electron chi connectivity index (χ1n) is 2.97. The van der Waals surface area contributed by atoms with E-state index in [9.17, 15) is 0 Å². The zero-order valence-electron chi connectivity index (χ0n) is 5.82. The molecule has 0 aromatic rings. The first-order valence-corrected chi connectivity index (χ1v) is 7.25. The molecular weight excluding hydrogens is 223 g/mol. The molecule has 3 radical (unpaired) electrons. The molecule has 0 rings (SSSR count). The zero-order valence-corrected chi connectivity index (χ0v) is 9.68. The fraction of sp³-hybridized carbons (Fsp3) is 1.00. The molecule has 0 aliphatic rings. The summed E-state index contributed by atoms with van der Waals surface area (Å²) in [5, 5.41) is 0. The van der Waals surface area contributed by atoms with Gasteiger partial charge in [0.2, 0.25) is 0 Å². The van der Waals surface area contributed by atoms with E-state index in [0.717, 1.165) is 0 Å². The standard InChI is InChI=1S/C5H13OSi.Sn/c1-4-5-7(2,3)6;/h4-5H2,1-3H3;/q-1;+1. The van der Waals surface area contributed by atoms with E-state index in [1.165, 1.54) is 35.4 Å². The molecule has 0 aromatic carbocycles. The van der Waals surface area contributed by atoms with Crippen molar-refractivity contribution in [3.05, 3.63) is 0 Å². The van der Waals surface area contributed by atoms with E-state index in [4.69, 9.17) is 2.76 Å². The number of hydrogen-bond acceptors (Lipinski definition) is 1. The first kappa shape index (κ1) is 8.98. The summed E-state index contributed by atoms with van der Waals surface area (Å²) in [5.41, 5.74) is 0. The summed E-state index contributed by atoms with van der Waals surface area (Å²) in [6.07, 6.45) is 1.27. The Morgan fingerprint density at radius 2 is 2.00 bits per heavy atom. The molecule has 0 bridgehead atoms. The van der Waals surface area contributed by atoms with Crippen LogP contribution < -0.4 is 0 Å². The van der Waals surface area contributed by atoms with Crippen LogP contribution in [0.25, 0.3) is 0 Å². The Labute approximate surface area is 66.6 Å². The normalized spacial score (nSPS) is 12.0. The van der Waals surface area contributed by atoms with Crippen LogP contribution >= 0.6 is 0 Å². The van der Waals surface area contributed by atoms with Crippen molar-refractivity contribution in [2.75, 3.05) is 0 Å². The van der Waals surface area contributed by atoms with Gasteiger partial charge in [-0.3, -0.25) is 0 Å². The van der Waals surface area contributed by atoms with Gasteiger partial charge in [0.15, 0.2) is 0 Å². The minimum atomic E-state index is -1.14. The van der Waals surface area contributed by atoms with Crippen molar-refractivity contribution in [2.24, 2.45) is 0 Å². The SMILES string of the molecule is CCC[Si](C)(C)[O][Sn]. The molecule has 47 valence electrons. The van der Waals surface area contributed by atoms with Gasteiger partial charge in [0.1, 0.15) is 0 Å². The van der Waals surface area contributed by atoms with Gasteiger partial charge in [0, 0.05) is 0 Å². The second-order valence-corrected chi connectivity index (χ2v) is 8.58. The van der Waals surface area contributed by atoms with Crippen LogP contribution in [0.3, 0.4) is 0 Å². The summed E-state index contributed by atoms with van der Waals surface area (Å²) >= 11 is 1.24. The van der Waals surface area contributed by atoms with Gasteiger partial charge in [-0.15, -0.1) is 0 Å². The molecule has 0 saturated heterocycles. The summed E-state index contributed by atoms with van der Waals surface area (Å²) in [7, 11) is -1.14. The van der Waals surface area contributed by atoms with Crippen LogP contribution in [0.1, 0.15) is 13.3 Å². The van der Waals surface area contributed by atoms with Crippen molar-refractivity contribution in [1.29, 1.82) is 0 Å². The van der Waals surface area contributed by atoms with Gasteiger partial charge in [0.05, 0.1) is 0 Å². The van der Waals surface area contributed by atoms with Crippen molar-refractivity contribution in [1.82, 2.24) is 0 Å². The quantitative estimate of drug-likeness (QED) is 0.677. The van der Waals surface area contributed by atoms with Crippen LogP contribution in [-0.4, -0.2) is 31.3 Å². The third-order valence-electron chi connectivity index (χ3n) is 1.13. The predicted octanol–water partition coefficient (Wildman–Crippen LogP) is 1.70. The van der Waals surface area contributed by atoms with Crippen molar-refractivity contribution < 1.29 is 2.76 Å². The van der Waals surface area contributed by atoms with E-state index < -0.39 is 8.32 Å². The Morgan fingerprint density at radius 1 is 1.50 bits per heavy atom. The van der Waals surface area contributed by atoms with Crippen LogP contribution in [0.4, 0.5) is 0 Å². The summed E-state index contributed by atoms with van der Waals surface area (Å²) in [6, 6.07) is 1.30. The average molecular weight is 236 g/mol. The molecule has 0 saturated carbocycles. The van der Waals surface area contributed by atoms with E-state index in [1.54, 1.807) is 0 Å². The zero-order chi connectivity index (χ0) is 6.62. The summed E-state index contributed by atoms with van der Waals surface area (Å²) in [6.45, 7) is 6.75. The van der Waals surface area contributed by atoms with Crippen molar-refractivity contribution in [3.8, 4) is 0 Å². The fourth-order valence-electron chi connectivity index (χ4n) is 0.653. The van der Waals surface area contributed by atoms with E-state index in [2.05, 4.69) is 20.0 Å². The molecule has 0 spiro atoms. The van der Waals surface area contributed by atoms with Crippen molar-refractivity contribution >= 4 is 31.3 Å². The topological polar surface area (TPSA) is 9.23 Å². The molecule has 0 amide bonds. The fourth-order valence-corrected chi connectivity index (χ4v) is 2.83. The molecule has 0 aliphatic heterocycles. The second kappa shape index (κ2) is 3.90. The Hall–Kier alpha value is 0.976. The van der Waals surface area contributed by atoms with Crippen molar-refractivity contribution in [3.63, 3.8) is 0 Å². The predicted molar refractivity (Wildman–Crippen MR) is 39.4 cm³/mol. The van der Waals surface area contributed by atoms with Gasteiger partial charge in [-0.2, -0.15) is 0 Å². The van der Waals surface area contributed by atoms with Gasteiger partial charge in [0.25, 0.3) is 0 Å². The van der Waals surface area contributed by atoms with Crippen LogP contribution in [0.5, 0.6) is 0 Å². The molecule has 0 N–H and O–H groups in total. The van der Waals surface area contributed by atoms with Crippen LogP contribution in [0.15, 0.2) is 0 Å². The van der Waals surface area contributed by atoms with Crippen LogP contribution in [-0.2, 0) is 2.76 Å². The van der Waals surface area contributed by atoms with E-state index in [-0.39, 0.29) is 0 Å². The molecule has 8 heavy (non-hydrogen) atoms. The summed E-state index contributed by atoms with van der Waals surface area (Å²) in [5.74, 6) is 0. The molecule has 0 atom stereocenters. The molecule has 0 aliphatic carbocycles. The van der Waals surface area contributed by atoms with E-state index in [1.807, 2.05) is 0 Å². The van der Waals surface area contributed by atoms with Gasteiger partial charge < -0.3 is 0 Å². The third kappa shape index (κ3) is 3.92. The Balaban J connectivity index is 3.37. The molecule has 0 fully saturated rings. The maximum atomic E-state index is 5.41. The Kier molecular flexibility index (Phi) is 4.38. The monoisotopic (exact) mass is 237 g/mol. The van der Waals surface area contributed by atoms with Crippen molar-refractivity contribution in [2.45, 2.75) is 32.5 Å². The van der Waals surface area contributed by atoms with E-state index in [0.29, 0.717) is 0 Å². The Morgan fingerprint density at radius 3 is 2.12 bits per heavy atom. The Bertz CT molecular complexity index is 65.4. The molecule has 0 unspecified atom stereocenters. The second-order valence-electron chi connectivity index (χ2n) is 2.61. The average Bonchev–Trinajstić information content (AvgIpc) is 1.67. The minimum absolute atomic E-state index is 1.14. The van der Waals surface area contributed by atoms with Gasteiger partial charge in [-0.05, 0) is 0 Å². The van der Waals surface area contributed by atoms with Gasteiger partial charge in [-0.25, -0.2) is 0 Å². The molecule has 0 aromatic heterocycles. The number of rotatable bonds is 3. The number of hydrogen-bond donors (Lipinski definition) is 0. The molecule has 1 nitrogen and oxygen atoms in total. The van der Waals surface area contributed by atoms with E-state index >= 15 is 0 Å². The van der Waals surface area contributed by atoms with Crippen LogP contribution in [0, 0.1) is 0 Å². The summed E-state index contributed by atoms with van der Waals surface area (Å²) in [4.78, 5) is 0. The first-order chi connectivity index (χ1) is 3.62. The van der Waals surface area contributed by atoms with Gasteiger partial charge in [-0.1, -0.05) is 0 Å². The third-order valence-corrected chi connectivity index (χ3v) is 8.12.